The summed E-state index contributed by atoms with van der Waals surface area (Å²) in [5.41, 5.74) is 0.671. The van der Waals surface area contributed by atoms with E-state index < -0.39 is 12.1 Å². The molecular weight excluding hydrogens is 328 g/mol. The molecule has 9 heteroatoms. The SMILES string of the molecule is O=C(N1CCC(c2nncn2-c2ccc(F)cc2)CC1)C(F)(F)F. The number of carbonyl (C=O) groups is 1. The third-order valence-corrected chi connectivity index (χ3v) is 4.07. The molecule has 0 radical (unpaired) electrons. The molecule has 24 heavy (non-hydrogen) atoms. The van der Waals surface area contributed by atoms with Crippen LogP contribution in [-0.4, -0.2) is 44.8 Å². The molecule has 0 bridgehead atoms. The largest absolute Gasteiger partial charge is 0.471 e. The number of hydrogen-bond acceptors (Lipinski definition) is 3. The predicted molar refractivity (Wildman–Crippen MR) is 75.9 cm³/mol. The minimum Gasteiger partial charge on any atom is -0.335 e. The van der Waals surface area contributed by atoms with Crippen LogP contribution in [0.25, 0.3) is 5.69 Å². The Balaban J connectivity index is 1.73. The highest BCUT2D eigenvalue weighted by Gasteiger charge is 2.43. The summed E-state index contributed by atoms with van der Waals surface area (Å²) in [7, 11) is 0. The Morgan fingerprint density at radius 2 is 1.75 bits per heavy atom. The van der Waals surface area contributed by atoms with Crippen LogP contribution in [0.5, 0.6) is 0 Å². The molecule has 0 N–H and O–H groups in total. The summed E-state index contributed by atoms with van der Waals surface area (Å²) in [6.07, 6.45) is -2.64. The predicted octanol–water partition coefficient (Wildman–Crippen LogP) is 2.67. The normalized spacial score (nSPS) is 16.4. The van der Waals surface area contributed by atoms with E-state index in [0.717, 1.165) is 4.90 Å². The molecule has 0 unspecified atom stereocenters. The number of nitrogens with zero attached hydrogens (tertiary/aromatic N) is 4. The highest BCUT2D eigenvalue weighted by Crippen LogP contribution is 2.30. The van der Waals surface area contributed by atoms with Crippen LogP contribution < -0.4 is 0 Å². The number of piperidine rings is 1. The zero-order valence-corrected chi connectivity index (χ0v) is 12.5. The molecule has 2 aromatic rings. The third-order valence-electron chi connectivity index (χ3n) is 4.07. The molecule has 0 aliphatic carbocycles. The molecule has 1 fully saturated rings. The van der Waals surface area contributed by atoms with Crippen molar-refractivity contribution in [2.75, 3.05) is 13.1 Å². The maximum absolute atomic E-state index is 13.0. The van der Waals surface area contributed by atoms with Crippen molar-refractivity contribution in [2.24, 2.45) is 0 Å². The molecule has 0 spiro atoms. The van der Waals surface area contributed by atoms with E-state index in [2.05, 4.69) is 10.2 Å². The Kier molecular flexibility index (Phi) is 4.25. The van der Waals surface area contributed by atoms with E-state index in [0.29, 0.717) is 24.4 Å². The zero-order chi connectivity index (χ0) is 17.3. The molecule has 1 aliphatic rings. The standard InChI is InChI=1S/C15H14F4N4O/c16-11-1-3-12(4-2-11)23-9-20-21-13(23)10-5-7-22(8-6-10)14(24)15(17,18)19/h1-4,9-10H,5-8H2. The Bertz CT molecular complexity index is 718. The fourth-order valence-electron chi connectivity index (χ4n) is 2.84. The van der Waals surface area contributed by atoms with E-state index in [1.807, 2.05) is 0 Å². The van der Waals surface area contributed by atoms with Crippen molar-refractivity contribution in [3.63, 3.8) is 0 Å². The monoisotopic (exact) mass is 342 g/mol. The smallest absolute Gasteiger partial charge is 0.335 e. The van der Waals surface area contributed by atoms with Crippen molar-refractivity contribution in [2.45, 2.75) is 24.9 Å². The average molecular weight is 342 g/mol. The molecule has 0 saturated carbocycles. The van der Waals surface area contributed by atoms with Gasteiger partial charge in [-0.25, -0.2) is 4.39 Å². The Hall–Kier alpha value is -2.45. The second kappa shape index (κ2) is 6.21. The van der Waals surface area contributed by atoms with E-state index in [1.54, 1.807) is 16.7 Å². The summed E-state index contributed by atoms with van der Waals surface area (Å²) in [5.74, 6) is -1.69. The lowest BCUT2D eigenvalue weighted by atomic mass is 9.95. The molecule has 1 saturated heterocycles. The first kappa shape index (κ1) is 16.4. The molecule has 1 amide bonds. The van der Waals surface area contributed by atoms with Gasteiger partial charge in [0.25, 0.3) is 0 Å². The van der Waals surface area contributed by atoms with Gasteiger partial charge in [-0.15, -0.1) is 10.2 Å². The molecule has 128 valence electrons. The minimum absolute atomic E-state index is 0.0132. The summed E-state index contributed by atoms with van der Waals surface area (Å²) in [4.78, 5) is 12.1. The molecular formula is C15H14F4N4O. The van der Waals surface area contributed by atoms with Gasteiger partial charge in [0, 0.05) is 24.7 Å². The Morgan fingerprint density at radius 3 is 2.33 bits per heavy atom. The number of aromatic nitrogens is 3. The van der Waals surface area contributed by atoms with Gasteiger partial charge < -0.3 is 4.90 Å². The number of rotatable bonds is 2. The lowest BCUT2D eigenvalue weighted by molar-refractivity contribution is -0.186. The first-order valence-electron chi connectivity index (χ1n) is 7.38. The van der Waals surface area contributed by atoms with Crippen molar-refractivity contribution < 1.29 is 22.4 Å². The van der Waals surface area contributed by atoms with E-state index in [9.17, 15) is 22.4 Å². The van der Waals surface area contributed by atoms with Crippen molar-refractivity contribution >= 4 is 5.91 Å². The summed E-state index contributed by atoms with van der Waals surface area (Å²) >= 11 is 0. The van der Waals surface area contributed by atoms with Crippen molar-refractivity contribution in [3.05, 3.63) is 42.2 Å². The number of amides is 1. The number of benzene rings is 1. The lowest BCUT2D eigenvalue weighted by Crippen LogP contribution is -2.45. The van der Waals surface area contributed by atoms with Gasteiger partial charge in [0.1, 0.15) is 18.0 Å². The second-order valence-electron chi connectivity index (χ2n) is 5.60. The van der Waals surface area contributed by atoms with Gasteiger partial charge >= 0.3 is 12.1 Å². The summed E-state index contributed by atoms with van der Waals surface area (Å²) < 4.78 is 52.1. The van der Waals surface area contributed by atoms with Gasteiger partial charge in [0.05, 0.1) is 0 Å². The third kappa shape index (κ3) is 3.24. The van der Waals surface area contributed by atoms with Gasteiger partial charge in [-0.1, -0.05) is 0 Å². The number of halogens is 4. The summed E-state index contributed by atoms with van der Waals surface area (Å²) in [6.45, 7) is 0.0264. The number of alkyl halides is 3. The van der Waals surface area contributed by atoms with E-state index >= 15 is 0 Å². The highest BCUT2D eigenvalue weighted by atomic mass is 19.4. The van der Waals surface area contributed by atoms with Crippen molar-refractivity contribution in [3.8, 4) is 5.69 Å². The molecule has 3 rings (SSSR count). The number of carbonyl (C=O) groups excluding carboxylic acids is 1. The highest BCUT2D eigenvalue weighted by molar-refractivity contribution is 5.81. The Morgan fingerprint density at radius 1 is 1.12 bits per heavy atom. The summed E-state index contributed by atoms with van der Waals surface area (Å²) in [5, 5.41) is 7.90. The maximum Gasteiger partial charge on any atom is 0.471 e. The van der Waals surface area contributed by atoms with E-state index in [4.69, 9.17) is 0 Å². The van der Waals surface area contributed by atoms with E-state index in [1.165, 1.54) is 18.5 Å². The van der Waals surface area contributed by atoms with Crippen molar-refractivity contribution in [1.82, 2.24) is 19.7 Å². The zero-order valence-electron chi connectivity index (χ0n) is 12.5. The lowest BCUT2D eigenvalue weighted by Gasteiger charge is -2.32. The van der Waals surface area contributed by atoms with Gasteiger partial charge in [0.15, 0.2) is 0 Å². The van der Waals surface area contributed by atoms with E-state index in [-0.39, 0.29) is 24.8 Å². The molecule has 2 heterocycles. The number of hydrogen-bond donors (Lipinski definition) is 0. The van der Waals surface area contributed by atoms with Crippen LogP contribution >= 0.6 is 0 Å². The molecule has 5 nitrogen and oxygen atoms in total. The topological polar surface area (TPSA) is 51.0 Å². The van der Waals surface area contributed by atoms with Crippen LogP contribution in [0.1, 0.15) is 24.6 Å². The summed E-state index contributed by atoms with van der Waals surface area (Å²) in [6, 6.07) is 5.77. The molecule has 1 aromatic heterocycles. The van der Waals surface area contributed by atoms with Gasteiger partial charge in [0.2, 0.25) is 0 Å². The van der Waals surface area contributed by atoms with Crippen LogP contribution in [-0.2, 0) is 4.79 Å². The molecule has 1 aliphatic heterocycles. The first-order chi connectivity index (χ1) is 11.4. The quantitative estimate of drug-likeness (QED) is 0.789. The van der Waals surface area contributed by atoms with Crippen LogP contribution in [0.2, 0.25) is 0 Å². The molecule has 0 atom stereocenters. The molecule has 1 aromatic carbocycles. The van der Waals surface area contributed by atoms with Gasteiger partial charge in [-0.3, -0.25) is 9.36 Å². The maximum atomic E-state index is 13.0. The number of likely N-dealkylation sites (tertiary alicyclic amines) is 1. The minimum atomic E-state index is -4.85. The van der Waals surface area contributed by atoms with Gasteiger partial charge in [-0.2, -0.15) is 13.2 Å². The van der Waals surface area contributed by atoms with Crippen LogP contribution in [0.4, 0.5) is 17.6 Å². The van der Waals surface area contributed by atoms with Gasteiger partial charge in [-0.05, 0) is 37.1 Å². The van der Waals surface area contributed by atoms with Crippen LogP contribution in [0.15, 0.2) is 30.6 Å². The second-order valence-corrected chi connectivity index (χ2v) is 5.60. The fraction of sp³-hybridized carbons (Fsp3) is 0.400. The van der Waals surface area contributed by atoms with Crippen LogP contribution in [0.3, 0.4) is 0 Å². The first-order valence-corrected chi connectivity index (χ1v) is 7.38. The Labute approximate surface area is 134 Å². The fourth-order valence-corrected chi connectivity index (χ4v) is 2.84. The van der Waals surface area contributed by atoms with Crippen molar-refractivity contribution in [1.29, 1.82) is 0 Å². The average Bonchev–Trinajstić information content (AvgIpc) is 3.04. The van der Waals surface area contributed by atoms with Crippen LogP contribution in [0, 0.1) is 5.82 Å².